The Bertz CT molecular complexity index is 311. The second-order valence-corrected chi connectivity index (χ2v) is 6.47. The largest absolute Gasteiger partial charge is 0.341 e. The Morgan fingerprint density at radius 3 is 2.18 bits per heavy atom. The van der Waals surface area contributed by atoms with Crippen molar-refractivity contribution >= 4 is 5.91 Å². The molecule has 0 radical (unpaired) electrons. The average Bonchev–Trinajstić information content (AvgIpc) is 2.03. The molecule has 0 unspecified atom stereocenters. The van der Waals surface area contributed by atoms with Crippen LogP contribution in [0.3, 0.4) is 0 Å². The van der Waals surface area contributed by atoms with E-state index in [2.05, 4.69) is 0 Å². The number of hydrogen-bond acceptors (Lipinski definition) is 2. The zero-order valence-electron chi connectivity index (χ0n) is 10.7. The molecule has 98 valence electrons. The normalized spacial score (nSPS) is 23.8. The summed E-state index contributed by atoms with van der Waals surface area (Å²) >= 11 is 0. The van der Waals surface area contributed by atoms with Crippen molar-refractivity contribution in [2.75, 3.05) is 32.7 Å². The number of likely N-dealkylation sites (tertiary alicyclic amines) is 2. The fourth-order valence-corrected chi connectivity index (χ4v) is 2.81. The predicted molar refractivity (Wildman–Crippen MR) is 60.9 cm³/mol. The van der Waals surface area contributed by atoms with Crippen LogP contribution in [0.1, 0.15) is 20.8 Å². The van der Waals surface area contributed by atoms with E-state index in [1.54, 1.807) is 4.90 Å². The van der Waals surface area contributed by atoms with Crippen LogP contribution in [0.4, 0.5) is 8.78 Å². The molecule has 2 aliphatic heterocycles. The topological polar surface area (TPSA) is 23.6 Å². The van der Waals surface area contributed by atoms with Crippen LogP contribution in [0.25, 0.3) is 0 Å². The zero-order valence-corrected chi connectivity index (χ0v) is 10.7. The van der Waals surface area contributed by atoms with Gasteiger partial charge in [-0.05, 0) is 0 Å². The highest BCUT2D eigenvalue weighted by molar-refractivity contribution is 5.82. The molecule has 0 atom stereocenters. The molecule has 0 aromatic heterocycles. The molecule has 0 aromatic carbocycles. The van der Waals surface area contributed by atoms with E-state index in [-0.39, 0.29) is 23.3 Å². The minimum absolute atomic E-state index is 0.121. The Balaban J connectivity index is 1.76. The SMILES string of the molecule is CC(C)(C)C(=O)N1CC2(CN(CC(F)F)C2)C1. The molecule has 2 heterocycles. The van der Waals surface area contributed by atoms with E-state index in [9.17, 15) is 13.6 Å². The van der Waals surface area contributed by atoms with Crippen molar-refractivity contribution in [3.05, 3.63) is 0 Å². The molecule has 2 saturated heterocycles. The summed E-state index contributed by atoms with van der Waals surface area (Å²) in [6.07, 6.45) is -2.25. The Hall–Kier alpha value is -0.710. The van der Waals surface area contributed by atoms with Gasteiger partial charge in [-0.2, -0.15) is 0 Å². The summed E-state index contributed by atoms with van der Waals surface area (Å²) < 4.78 is 24.3. The molecular formula is C12H20F2N2O. The molecule has 0 saturated carbocycles. The smallest absolute Gasteiger partial charge is 0.251 e. The van der Waals surface area contributed by atoms with Crippen LogP contribution in [0.2, 0.25) is 0 Å². The molecule has 5 heteroatoms. The van der Waals surface area contributed by atoms with Gasteiger partial charge in [0.15, 0.2) is 0 Å². The summed E-state index contributed by atoms with van der Waals surface area (Å²) in [4.78, 5) is 15.5. The molecule has 2 rings (SSSR count). The van der Waals surface area contributed by atoms with E-state index in [4.69, 9.17) is 0 Å². The van der Waals surface area contributed by atoms with Gasteiger partial charge in [0.05, 0.1) is 6.54 Å². The van der Waals surface area contributed by atoms with Crippen LogP contribution in [-0.4, -0.2) is 54.9 Å². The molecule has 3 nitrogen and oxygen atoms in total. The molecule has 0 aliphatic carbocycles. The van der Waals surface area contributed by atoms with Gasteiger partial charge in [0.2, 0.25) is 5.91 Å². The third-order valence-electron chi connectivity index (χ3n) is 3.50. The number of hydrogen-bond donors (Lipinski definition) is 0. The van der Waals surface area contributed by atoms with Crippen LogP contribution in [0.15, 0.2) is 0 Å². The standard InChI is InChI=1S/C12H20F2N2O/c1-11(2,3)10(17)16-7-12(8-16)5-15(6-12)4-9(13)14/h9H,4-8H2,1-3H3. The Morgan fingerprint density at radius 2 is 1.76 bits per heavy atom. The number of alkyl halides is 2. The van der Waals surface area contributed by atoms with Gasteiger partial charge in [0.1, 0.15) is 0 Å². The number of carbonyl (C=O) groups excluding carboxylic acids is 1. The first-order valence-electron chi connectivity index (χ1n) is 6.02. The summed E-state index contributed by atoms with van der Waals surface area (Å²) in [5.41, 5.74) is -0.218. The highest BCUT2D eigenvalue weighted by Crippen LogP contribution is 2.41. The van der Waals surface area contributed by atoms with Gasteiger partial charge in [0, 0.05) is 37.0 Å². The van der Waals surface area contributed by atoms with E-state index in [0.29, 0.717) is 13.1 Å². The van der Waals surface area contributed by atoms with Crippen LogP contribution in [0, 0.1) is 10.8 Å². The second-order valence-electron chi connectivity index (χ2n) is 6.47. The average molecular weight is 246 g/mol. The lowest BCUT2D eigenvalue weighted by atomic mass is 9.72. The van der Waals surface area contributed by atoms with E-state index in [1.165, 1.54) is 0 Å². The molecule has 0 N–H and O–H groups in total. The Kier molecular flexibility index (Phi) is 2.92. The minimum atomic E-state index is -2.25. The summed E-state index contributed by atoms with van der Waals surface area (Å²) in [5, 5.41) is 0. The first-order chi connectivity index (χ1) is 7.72. The minimum Gasteiger partial charge on any atom is -0.341 e. The van der Waals surface area contributed by atoms with Crippen molar-refractivity contribution in [1.82, 2.24) is 9.80 Å². The Morgan fingerprint density at radius 1 is 1.24 bits per heavy atom. The summed E-state index contributed by atoms with van der Waals surface area (Å²) in [6, 6.07) is 0. The predicted octanol–water partition coefficient (Wildman–Crippen LogP) is 1.44. The maximum Gasteiger partial charge on any atom is 0.251 e. The molecular weight excluding hydrogens is 226 g/mol. The highest BCUT2D eigenvalue weighted by Gasteiger charge is 2.54. The van der Waals surface area contributed by atoms with Crippen molar-refractivity contribution in [1.29, 1.82) is 0 Å². The van der Waals surface area contributed by atoms with Gasteiger partial charge in [-0.15, -0.1) is 0 Å². The van der Waals surface area contributed by atoms with Crippen molar-refractivity contribution in [2.24, 2.45) is 10.8 Å². The van der Waals surface area contributed by atoms with Crippen LogP contribution in [-0.2, 0) is 4.79 Å². The van der Waals surface area contributed by atoms with Crippen molar-refractivity contribution in [2.45, 2.75) is 27.2 Å². The number of carbonyl (C=O) groups is 1. The summed E-state index contributed by atoms with van der Waals surface area (Å²) in [7, 11) is 0. The van der Waals surface area contributed by atoms with Crippen molar-refractivity contribution in [3.8, 4) is 0 Å². The summed E-state index contributed by atoms with van der Waals surface area (Å²) in [6.45, 7) is 8.50. The first-order valence-corrected chi connectivity index (χ1v) is 6.02. The van der Waals surface area contributed by atoms with E-state index in [1.807, 2.05) is 25.7 Å². The van der Waals surface area contributed by atoms with E-state index in [0.717, 1.165) is 13.1 Å². The molecule has 1 spiro atoms. The second kappa shape index (κ2) is 3.90. The highest BCUT2D eigenvalue weighted by atomic mass is 19.3. The zero-order chi connectivity index (χ0) is 12.8. The first kappa shape index (κ1) is 12.7. The monoisotopic (exact) mass is 246 g/mol. The lowest BCUT2D eigenvalue weighted by Gasteiger charge is -2.61. The van der Waals surface area contributed by atoms with Gasteiger partial charge >= 0.3 is 0 Å². The molecule has 0 aromatic rings. The lowest BCUT2D eigenvalue weighted by Crippen LogP contribution is -2.73. The summed E-state index contributed by atoms with van der Waals surface area (Å²) in [5.74, 6) is 0.162. The third-order valence-corrected chi connectivity index (χ3v) is 3.50. The molecule has 2 fully saturated rings. The van der Waals surface area contributed by atoms with E-state index < -0.39 is 6.43 Å². The third kappa shape index (κ3) is 2.44. The Labute approximate surface area is 101 Å². The maximum atomic E-state index is 12.1. The molecule has 17 heavy (non-hydrogen) atoms. The van der Waals surface area contributed by atoms with Gasteiger partial charge in [-0.1, -0.05) is 20.8 Å². The quantitative estimate of drug-likeness (QED) is 0.736. The lowest BCUT2D eigenvalue weighted by molar-refractivity contribution is -0.169. The van der Waals surface area contributed by atoms with Crippen LogP contribution in [0.5, 0.6) is 0 Å². The fourth-order valence-electron chi connectivity index (χ4n) is 2.81. The number of halogens is 2. The number of rotatable bonds is 2. The van der Waals surface area contributed by atoms with E-state index >= 15 is 0 Å². The number of amides is 1. The van der Waals surface area contributed by atoms with Crippen molar-refractivity contribution < 1.29 is 13.6 Å². The van der Waals surface area contributed by atoms with Gasteiger partial charge < -0.3 is 4.90 Å². The van der Waals surface area contributed by atoms with Gasteiger partial charge in [-0.3, -0.25) is 9.69 Å². The molecule has 1 amide bonds. The molecule has 0 bridgehead atoms. The van der Waals surface area contributed by atoms with Gasteiger partial charge in [-0.25, -0.2) is 8.78 Å². The van der Waals surface area contributed by atoms with Crippen molar-refractivity contribution in [3.63, 3.8) is 0 Å². The number of nitrogens with zero attached hydrogens (tertiary/aromatic N) is 2. The van der Waals surface area contributed by atoms with Gasteiger partial charge in [0.25, 0.3) is 6.43 Å². The van der Waals surface area contributed by atoms with Crippen LogP contribution >= 0.6 is 0 Å². The molecule has 2 aliphatic rings. The van der Waals surface area contributed by atoms with Crippen LogP contribution < -0.4 is 0 Å². The maximum absolute atomic E-state index is 12.1. The fraction of sp³-hybridized carbons (Fsp3) is 0.917.